The number of hydrogen-bond donors (Lipinski definition) is 1. The van der Waals surface area contributed by atoms with E-state index in [2.05, 4.69) is 49.2 Å². The first-order valence-electron chi connectivity index (χ1n) is 7.36. The van der Waals surface area contributed by atoms with E-state index in [0.717, 1.165) is 6.42 Å². The SMILES string of the molecule is C/C(CCCCCCCCCO)=C(\I)[Si](C)(C)C. The van der Waals surface area contributed by atoms with E-state index >= 15 is 0 Å². The Balaban J connectivity index is 3.61. The van der Waals surface area contributed by atoms with Crippen molar-refractivity contribution in [1.82, 2.24) is 0 Å². The molecule has 0 aliphatic carbocycles. The van der Waals surface area contributed by atoms with Crippen LogP contribution in [0.15, 0.2) is 8.78 Å². The predicted molar refractivity (Wildman–Crippen MR) is 94.1 cm³/mol. The van der Waals surface area contributed by atoms with Gasteiger partial charge in [-0.25, -0.2) is 0 Å². The van der Waals surface area contributed by atoms with Crippen LogP contribution in [-0.4, -0.2) is 19.8 Å². The molecule has 0 aromatic rings. The van der Waals surface area contributed by atoms with E-state index < -0.39 is 8.07 Å². The van der Waals surface area contributed by atoms with E-state index in [0.29, 0.717) is 6.61 Å². The van der Waals surface area contributed by atoms with Gasteiger partial charge in [0.05, 0.1) is 8.07 Å². The molecule has 0 radical (unpaired) electrons. The Morgan fingerprint density at radius 3 is 1.78 bits per heavy atom. The highest BCUT2D eigenvalue weighted by Gasteiger charge is 2.18. The summed E-state index contributed by atoms with van der Waals surface area (Å²) in [7, 11) is -1.07. The normalized spacial score (nSPS) is 13.7. The highest BCUT2D eigenvalue weighted by molar-refractivity contribution is 14.1. The van der Waals surface area contributed by atoms with Crippen LogP contribution < -0.4 is 0 Å². The van der Waals surface area contributed by atoms with Crippen LogP contribution in [0.25, 0.3) is 0 Å². The molecule has 0 aliphatic rings. The molecule has 0 heterocycles. The summed E-state index contributed by atoms with van der Waals surface area (Å²) in [5, 5.41) is 8.68. The number of rotatable bonds is 10. The number of halogens is 1. The summed E-state index contributed by atoms with van der Waals surface area (Å²) in [6, 6.07) is 0. The second-order valence-corrected chi connectivity index (χ2v) is 13.4. The second-order valence-electron chi connectivity index (χ2n) is 6.29. The maximum atomic E-state index is 8.68. The van der Waals surface area contributed by atoms with Crippen LogP contribution in [0.2, 0.25) is 19.6 Å². The predicted octanol–water partition coefficient (Wildman–Crippen LogP) is 5.69. The van der Waals surface area contributed by atoms with E-state index in [1.54, 1.807) is 8.78 Å². The van der Waals surface area contributed by atoms with Crippen molar-refractivity contribution >= 4 is 30.7 Å². The summed E-state index contributed by atoms with van der Waals surface area (Å²) in [5.41, 5.74) is 1.63. The van der Waals surface area contributed by atoms with Crippen molar-refractivity contribution in [3.8, 4) is 0 Å². The Labute approximate surface area is 129 Å². The molecular weight excluding hydrogens is 351 g/mol. The van der Waals surface area contributed by atoms with Crippen LogP contribution in [0, 0.1) is 0 Å². The highest BCUT2D eigenvalue weighted by atomic mass is 127. The first-order chi connectivity index (χ1) is 8.39. The minimum atomic E-state index is -1.07. The first-order valence-corrected chi connectivity index (χ1v) is 11.9. The van der Waals surface area contributed by atoms with Gasteiger partial charge in [-0.2, -0.15) is 0 Å². The molecule has 1 nitrogen and oxygen atoms in total. The Hall–Kier alpha value is 0.647. The van der Waals surface area contributed by atoms with Crippen LogP contribution in [0.4, 0.5) is 0 Å². The van der Waals surface area contributed by atoms with E-state index in [4.69, 9.17) is 5.11 Å². The first kappa shape index (κ1) is 18.6. The average molecular weight is 382 g/mol. The molecule has 0 saturated heterocycles. The van der Waals surface area contributed by atoms with Gasteiger partial charge >= 0.3 is 0 Å². The summed E-state index contributed by atoms with van der Waals surface area (Å²) in [6.07, 6.45) is 10.2. The van der Waals surface area contributed by atoms with Crippen LogP contribution >= 0.6 is 22.6 Å². The van der Waals surface area contributed by atoms with Gasteiger partial charge < -0.3 is 5.11 Å². The summed E-state index contributed by atoms with van der Waals surface area (Å²) in [6.45, 7) is 9.97. The molecule has 0 fully saturated rings. The summed E-state index contributed by atoms with van der Waals surface area (Å²) in [5.74, 6) is 0. The fraction of sp³-hybridized carbons (Fsp3) is 0.867. The lowest BCUT2D eigenvalue weighted by atomic mass is 10.1. The zero-order valence-electron chi connectivity index (χ0n) is 12.7. The van der Waals surface area contributed by atoms with Gasteiger partial charge in [0.2, 0.25) is 0 Å². The van der Waals surface area contributed by atoms with E-state index in [-0.39, 0.29) is 0 Å². The summed E-state index contributed by atoms with van der Waals surface area (Å²) in [4.78, 5) is 0. The zero-order chi connectivity index (χ0) is 14.0. The number of unbranched alkanes of at least 4 members (excludes halogenated alkanes) is 6. The van der Waals surface area contributed by atoms with Crippen LogP contribution in [0.1, 0.15) is 58.3 Å². The minimum absolute atomic E-state index is 0.360. The number of hydrogen-bond acceptors (Lipinski definition) is 1. The van der Waals surface area contributed by atoms with Crippen molar-refractivity contribution in [2.45, 2.75) is 77.9 Å². The zero-order valence-corrected chi connectivity index (χ0v) is 15.8. The van der Waals surface area contributed by atoms with E-state index in [1.165, 1.54) is 44.9 Å². The molecule has 0 aromatic heterocycles. The summed E-state index contributed by atoms with van der Waals surface area (Å²) >= 11 is 2.58. The standard InChI is InChI=1S/C15H31IOSi/c1-14(15(16)18(2,3)4)12-10-8-6-5-7-9-11-13-17/h17H,5-13H2,1-4H3/b15-14-. The molecule has 0 aliphatic heterocycles. The van der Waals surface area contributed by atoms with Crippen molar-refractivity contribution in [3.63, 3.8) is 0 Å². The van der Waals surface area contributed by atoms with E-state index in [9.17, 15) is 0 Å². The fourth-order valence-electron chi connectivity index (χ4n) is 2.14. The van der Waals surface area contributed by atoms with Crippen LogP contribution in [0.3, 0.4) is 0 Å². The molecule has 18 heavy (non-hydrogen) atoms. The van der Waals surface area contributed by atoms with Crippen molar-refractivity contribution in [2.75, 3.05) is 6.61 Å². The molecule has 0 saturated carbocycles. The van der Waals surface area contributed by atoms with Gasteiger partial charge in [0.25, 0.3) is 0 Å². The van der Waals surface area contributed by atoms with Crippen molar-refractivity contribution in [3.05, 3.63) is 8.78 Å². The van der Waals surface area contributed by atoms with Gasteiger partial charge in [0.15, 0.2) is 0 Å². The molecule has 108 valence electrons. The monoisotopic (exact) mass is 382 g/mol. The second kappa shape index (κ2) is 10.4. The van der Waals surface area contributed by atoms with Crippen molar-refractivity contribution in [2.24, 2.45) is 0 Å². The Morgan fingerprint density at radius 2 is 1.33 bits per heavy atom. The third kappa shape index (κ3) is 9.56. The lowest BCUT2D eigenvalue weighted by molar-refractivity contribution is 0.282. The molecule has 0 rings (SSSR count). The van der Waals surface area contributed by atoms with Gasteiger partial charge in [-0.1, -0.05) is 79.9 Å². The Morgan fingerprint density at radius 1 is 0.889 bits per heavy atom. The molecule has 0 aromatic carbocycles. The molecule has 0 atom stereocenters. The Kier molecular flexibility index (Phi) is 10.8. The fourth-order valence-corrected chi connectivity index (χ4v) is 3.81. The van der Waals surface area contributed by atoms with E-state index in [1.807, 2.05) is 0 Å². The molecule has 0 spiro atoms. The Bertz CT molecular complexity index is 243. The molecule has 1 N–H and O–H groups in total. The average Bonchev–Trinajstić information content (AvgIpc) is 2.30. The third-order valence-corrected chi connectivity index (χ3v) is 10.8. The topological polar surface area (TPSA) is 20.2 Å². The molecule has 0 unspecified atom stereocenters. The van der Waals surface area contributed by atoms with Gasteiger partial charge in [0.1, 0.15) is 0 Å². The largest absolute Gasteiger partial charge is 0.396 e. The molecule has 0 bridgehead atoms. The smallest absolute Gasteiger partial charge is 0.0853 e. The number of aliphatic hydroxyl groups is 1. The van der Waals surface area contributed by atoms with Gasteiger partial charge in [0, 0.05) is 6.61 Å². The summed E-state index contributed by atoms with van der Waals surface area (Å²) < 4.78 is 1.67. The molecule has 3 heteroatoms. The van der Waals surface area contributed by atoms with Crippen molar-refractivity contribution in [1.29, 1.82) is 0 Å². The van der Waals surface area contributed by atoms with Crippen molar-refractivity contribution < 1.29 is 5.11 Å². The lowest BCUT2D eigenvalue weighted by Gasteiger charge is -2.18. The highest BCUT2D eigenvalue weighted by Crippen LogP contribution is 2.27. The van der Waals surface area contributed by atoms with Gasteiger partial charge in [-0.15, -0.1) is 0 Å². The van der Waals surface area contributed by atoms with Crippen LogP contribution in [0.5, 0.6) is 0 Å². The van der Waals surface area contributed by atoms with Crippen LogP contribution in [-0.2, 0) is 0 Å². The maximum absolute atomic E-state index is 8.68. The molecular formula is C15H31IOSi. The quantitative estimate of drug-likeness (QED) is 0.293. The van der Waals surface area contributed by atoms with Gasteiger partial charge in [-0.3, -0.25) is 0 Å². The third-order valence-electron chi connectivity index (χ3n) is 3.24. The molecule has 0 amide bonds. The number of allylic oxidation sites excluding steroid dienone is 1. The number of aliphatic hydroxyl groups excluding tert-OH is 1. The maximum Gasteiger partial charge on any atom is 0.0853 e. The lowest BCUT2D eigenvalue weighted by Crippen LogP contribution is -2.21. The minimum Gasteiger partial charge on any atom is -0.396 e. The van der Waals surface area contributed by atoms with Gasteiger partial charge in [-0.05, 0) is 29.4 Å².